The van der Waals surface area contributed by atoms with Crippen LogP contribution >= 0.6 is 0 Å². The van der Waals surface area contributed by atoms with E-state index in [2.05, 4.69) is 10.6 Å². The van der Waals surface area contributed by atoms with Gasteiger partial charge in [0.1, 0.15) is 0 Å². The molecule has 24 heavy (non-hydrogen) atoms. The molecular weight excluding hydrogens is 306 g/mol. The number of hydrogen-bond donors (Lipinski definition) is 3. The molecule has 1 unspecified atom stereocenters. The Balaban J connectivity index is 1.93. The SMILES string of the molecule is CC(CC(=O)Nc1ccccc1C(N)=O)NC(=O)c1ccccc1. The maximum Gasteiger partial charge on any atom is 0.251 e. The first-order chi connectivity index (χ1) is 11.5. The summed E-state index contributed by atoms with van der Waals surface area (Å²) in [7, 11) is 0. The molecule has 0 saturated carbocycles. The predicted molar refractivity (Wildman–Crippen MR) is 91.6 cm³/mol. The summed E-state index contributed by atoms with van der Waals surface area (Å²) in [5, 5.41) is 5.40. The molecule has 0 aliphatic heterocycles. The smallest absolute Gasteiger partial charge is 0.251 e. The molecular formula is C18H19N3O3. The Bertz CT molecular complexity index is 744. The van der Waals surface area contributed by atoms with Crippen LogP contribution in [0, 0.1) is 0 Å². The topological polar surface area (TPSA) is 101 Å². The van der Waals surface area contributed by atoms with Crippen molar-refractivity contribution in [2.45, 2.75) is 19.4 Å². The van der Waals surface area contributed by atoms with Gasteiger partial charge in [-0.25, -0.2) is 0 Å². The van der Waals surface area contributed by atoms with Crippen molar-refractivity contribution in [3.63, 3.8) is 0 Å². The second-order valence-corrected chi connectivity index (χ2v) is 5.40. The fraction of sp³-hybridized carbons (Fsp3) is 0.167. The number of nitrogens with two attached hydrogens (primary N) is 1. The molecule has 0 fully saturated rings. The Morgan fingerprint density at radius 1 is 1.00 bits per heavy atom. The highest BCUT2D eigenvalue weighted by Crippen LogP contribution is 2.14. The molecule has 2 rings (SSSR count). The van der Waals surface area contributed by atoms with Crippen molar-refractivity contribution in [3.05, 3.63) is 65.7 Å². The summed E-state index contributed by atoms with van der Waals surface area (Å²) in [5.74, 6) is -1.17. The number of rotatable bonds is 6. The van der Waals surface area contributed by atoms with Crippen molar-refractivity contribution in [2.24, 2.45) is 5.73 Å². The van der Waals surface area contributed by atoms with Gasteiger partial charge >= 0.3 is 0 Å². The van der Waals surface area contributed by atoms with Crippen LogP contribution in [-0.2, 0) is 4.79 Å². The number of benzene rings is 2. The lowest BCUT2D eigenvalue weighted by Gasteiger charge is -2.14. The van der Waals surface area contributed by atoms with Crippen LogP contribution in [-0.4, -0.2) is 23.8 Å². The van der Waals surface area contributed by atoms with Crippen molar-refractivity contribution in [3.8, 4) is 0 Å². The van der Waals surface area contributed by atoms with E-state index >= 15 is 0 Å². The molecule has 1 atom stereocenters. The third kappa shape index (κ3) is 4.67. The number of carbonyl (C=O) groups excluding carboxylic acids is 3. The molecule has 0 bridgehead atoms. The summed E-state index contributed by atoms with van der Waals surface area (Å²) in [6.45, 7) is 1.74. The molecule has 0 aromatic heterocycles. The summed E-state index contributed by atoms with van der Waals surface area (Å²) in [5.41, 5.74) is 6.41. The molecule has 0 saturated heterocycles. The summed E-state index contributed by atoms with van der Waals surface area (Å²) in [6.07, 6.45) is 0.0751. The van der Waals surface area contributed by atoms with Gasteiger partial charge in [0, 0.05) is 18.0 Å². The van der Waals surface area contributed by atoms with E-state index < -0.39 is 5.91 Å². The van der Waals surface area contributed by atoms with Crippen LogP contribution in [0.2, 0.25) is 0 Å². The molecule has 0 heterocycles. The van der Waals surface area contributed by atoms with Crippen molar-refractivity contribution < 1.29 is 14.4 Å². The van der Waals surface area contributed by atoms with Gasteiger partial charge in [-0.15, -0.1) is 0 Å². The first-order valence-corrected chi connectivity index (χ1v) is 7.52. The molecule has 3 amide bonds. The molecule has 4 N–H and O–H groups in total. The fourth-order valence-electron chi connectivity index (χ4n) is 2.23. The minimum absolute atomic E-state index is 0.0751. The third-order valence-electron chi connectivity index (χ3n) is 3.37. The van der Waals surface area contributed by atoms with Gasteiger partial charge in [-0.1, -0.05) is 30.3 Å². The van der Waals surface area contributed by atoms with E-state index in [0.29, 0.717) is 11.3 Å². The number of nitrogens with one attached hydrogen (secondary N) is 2. The van der Waals surface area contributed by atoms with Crippen molar-refractivity contribution in [2.75, 3.05) is 5.32 Å². The van der Waals surface area contributed by atoms with Gasteiger partial charge in [0.25, 0.3) is 11.8 Å². The summed E-state index contributed by atoms with van der Waals surface area (Å²) < 4.78 is 0. The van der Waals surface area contributed by atoms with Gasteiger partial charge in [0.05, 0.1) is 11.3 Å². The molecule has 6 nitrogen and oxygen atoms in total. The second-order valence-electron chi connectivity index (χ2n) is 5.40. The summed E-state index contributed by atoms with van der Waals surface area (Å²) in [6, 6.07) is 14.9. The highest BCUT2D eigenvalue weighted by Gasteiger charge is 2.15. The van der Waals surface area contributed by atoms with Crippen LogP contribution in [0.3, 0.4) is 0 Å². The molecule has 6 heteroatoms. The van der Waals surface area contributed by atoms with Gasteiger partial charge in [0.15, 0.2) is 0 Å². The van der Waals surface area contributed by atoms with E-state index in [4.69, 9.17) is 5.73 Å². The molecule has 2 aromatic rings. The summed E-state index contributed by atoms with van der Waals surface area (Å²) >= 11 is 0. The van der Waals surface area contributed by atoms with Crippen LogP contribution in [0.4, 0.5) is 5.69 Å². The highest BCUT2D eigenvalue weighted by atomic mass is 16.2. The average Bonchev–Trinajstić information content (AvgIpc) is 2.55. The minimum Gasteiger partial charge on any atom is -0.366 e. The van der Waals surface area contributed by atoms with Gasteiger partial charge < -0.3 is 16.4 Å². The zero-order valence-electron chi connectivity index (χ0n) is 13.3. The average molecular weight is 325 g/mol. The predicted octanol–water partition coefficient (Wildman–Crippen LogP) is 1.93. The fourth-order valence-corrected chi connectivity index (χ4v) is 2.23. The number of hydrogen-bond acceptors (Lipinski definition) is 3. The number of para-hydroxylation sites is 1. The van der Waals surface area contributed by atoms with Gasteiger partial charge in [-0.3, -0.25) is 14.4 Å². The van der Waals surface area contributed by atoms with Crippen LogP contribution < -0.4 is 16.4 Å². The molecule has 0 spiro atoms. The first-order valence-electron chi connectivity index (χ1n) is 7.52. The van der Waals surface area contributed by atoms with Gasteiger partial charge in [-0.2, -0.15) is 0 Å². The Kier molecular flexibility index (Phi) is 5.68. The normalized spacial score (nSPS) is 11.4. The molecule has 0 radical (unpaired) electrons. The van der Waals surface area contributed by atoms with E-state index in [1.165, 1.54) is 0 Å². The van der Waals surface area contributed by atoms with Crippen molar-refractivity contribution in [1.29, 1.82) is 0 Å². The lowest BCUT2D eigenvalue weighted by atomic mass is 10.1. The summed E-state index contributed by atoms with van der Waals surface area (Å²) in [4.78, 5) is 35.5. The number of primary amides is 1. The number of anilines is 1. The van der Waals surface area contributed by atoms with Gasteiger partial charge in [-0.05, 0) is 31.2 Å². The first kappa shape index (κ1) is 17.2. The maximum atomic E-state index is 12.1. The van der Waals surface area contributed by atoms with Crippen LogP contribution in [0.15, 0.2) is 54.6 Å². The van der Waals surface area contributed by atoms with Gasteiger partial charge in [0.2, 0.25) is 5.91 Å². The Morgan fingerprint density at radius 3 is 2.29 bits per heavy atom. The quantitative estimate of drug-likeness (QED) is 0.756. The Morgan fingerprint density at radius 2 is 1.62 bits per heavy atom. The maximum absolute atomic E-state index is 12.1. The highest BCUT2D eigenvalue weighted by molar-refractivity contribution is 6.03. The largest absolute Gasteiger partial charge is 0.366 e. The molecule has 0 aliphatic carbocycles. The second kappa shape index (κ2) is 7.92. The van der Waals surface area contributed by atoms with E-state index in [1.54, 1.807) is 55.5 Å². The lowest BCUT2D eigenvalue weighted by molar-refractivity contribution is -0.116. The Hall–Kier alpha value is -3.15. The van der Waals surface area contributed by atoms with E-state index in [9.17, 15) is 14.4 Å². The van der Waals surface area contributed by atoms with Crippen molar-refractivity contribution in [1.82, 2.24) is 5.32 Å². The van der Waals surface area contributed by atoms with E-state index in [-0.39, 0.29) is 29.8 Å². The zero-order valence-corrected chi connectivity index (χ0v) is 13.3. The number of carbonyl (C=O) groups is 3. The van der Waals surface area contributed by atoms with Crippen LogP contribution in [0.1, 0.15) is 34.1 Å². The van der Waals surface area contributed by atoms with Crippen LogP contribution in [0.5, 0.6) is 0 Å². The third-order valence-corrected chi connectivity index (χ3v) is 3.37. The zero-order chi connectivity index (χ0) is 17.5. The lowest BCUT2D eigenvalue weighted by Crippen LogP contribution is -2.35. The van der Waals surface area contributed by atoms with Crippen LogP contribution in [0.25, 0.3) is 0 Å². The Labute approximate surface area is 140 Å². The minimum atomic E-state index is -0.615. The molecule has 2 aromatic carbocycles. The van der Waals surface area contributed by atoms with E-state index in [0.717, 1.165) is 0 Å². The molecule has 0 aliphatic rings. The monoisotopic (exact) mass is 325 g/mol. The van der Waals surface area contributed by atoms with Crippen molar-refractivity contribution >= 4 is 23.4 Å². The van der Waals surface area contributed by atoms with E-state index in [1.807, 2.05) is 6.07 Å². The molecule has 124 valence electrons. The standard InChI is InChI=1S/C18H19N3O3/c1-12(20-18(24)13-7-3-2-4-8-13)11-16(22)21-15-10-6-5-9-14(15)17(19)23/h2-10,12H,11H2,1H3,(H2,19,23)(H,20,24)(H,21,22). The number of amides is 3.